The quantitative estimate of drug-likeness (QED) is 0.706. The van der Waals surface area contributed by atoms with Gasteiger partial charge in [0.2, 0.25) is 10.0 Å². The number of halogens is 1. The van der Waals surface area contributed by atoms with E-state index in [0.29, 0.717) is 17.7 Å². The smallest absolute Gasteiger partial charge is 0.220 e. The molecule has 1 fully saturated rings. The molecule has 0 saturated carbocycles. The van der Waals surface area contributed by atoms with Gasteiger partial charge in [-0.3, -0.25) is 0 Å². The van der Waals surface area contributed by atoms with E-state index in [2.05, 4.69) is 0 Å². The van der Waals surface area contributed by atoms with Crippen molar-refractivity contribution >= 4 is 10.0 Å². The van der Waals surface area contributed by atoms with Gasteiger partial charge >= 0.3 is 0 Å². The van der Waals surface area contributed by atoms with Crippen molar-refractivity contribution in [3.63, 3.8) is 0 Å². The van der Waals surface area contributed by atoms with Crippen LogP contribution in [0.4, 0.5) is 4.39 Å². The molecule has 152 valence electrons. The summed E-state index contributed by atoms with van der Waals surface area (Å²) >= 11 is 0. The fourth-order valence-corrected chi connectivity index (χ4v) is 5.87. The van der Waals surface area contributed by atoms with Gasteiger partial charge in [-0.2, -0.15) is 0 Å². The third-order valence-electron chi connectivity index (χ3n) is 5.64. The third kappa shape index (κ3) is 3.66. The van der Waals surface area contributed by atoms with Gasteiger partial charge in [0.1, 0.15) is 16.8 Å². The van der Waals surface area contributed by atoms with Crippen LogP contribution in [0.5, 0.6) is 5.75 Å². The monoisotopic (exact) mass is 407 g/mol. The summed E-state index contributed by atoms with van der Waals surface area (Å²) in [5, 5.41) is -0.842. The van der Waals surface area contributed by atoms with E-state index in [1.807, 2.05) is 19.1 Å². The molecule has 7 heteroatoms. The molecule has 1 saturated heterocycles. The number of sulfonamides is 1. The molecule has 0 aliphatic carbocycles. The fraction of sp³-hybridized carbons (Fsp3) is 0.429. The van der Waals surface area contributed by atoms with E-state index in [0.717, 1.165) is 5.56 Å². The number of ether oxygens (including phenoxy) is 2. The second-order valence-corrected chi connectivity index (χ2v) is 9.36. The minimum atomic E-state index is -3.73. The molecule has 2 aromatic rings. The Balaban J connectivity index is 1.91. The number of nitrogens with zero attached hydrogens (tertiary/aromatic N) is 1. The Kier molecular flexibility index (Phi) is 6.07. The predicted molar refractivity (Wildman–Crippen MR) is 106 cm³/mol. The van der Waals surface area contributed by atoms with Crippen LogP contribution < -0.4 is 4.74 Å². The van der Waals surface area contributed by atoms with E-state index in [-0.39, 0.29) is 19.8 Å². The number of hydrogen-bond acceptors (Lipinski definition) is 4. The van der Waals surface area contributed by atoms with Crippen molar-refractivity contribution in [1.29, 1.82) is 0 Å². The maximum Gasteiger partial charge on any atom is 0.220 e. The first-order chi connectivity index (χ1) is 13.3. The largest absolute Gasteiger partial charge is 0.497 e. The average molecular weight is 408 g/mol. The van der Waals surface area contributed by atoms with E-state index in [1.165, 1.54) is 10.4 Å². The summed E-state index contributed by atoms with van der Waals surface area (Å²) < 4.78 is 53.5. The number of hydrogen-bond donors (Lipinski definition) is 0. The van der Waals surface area contributed by atoms with E-state index < -0.39 is 26.5 Å². The van der Waals surface area contributed by atoms with Crippen molar-refractivity contribution in [2.24, 2.45) is 0 Å². The SMILES string of the molecule is CCC1(c2ccccc2F)COCC1S(=O)(=O)N(C)Cc1ccc(OC)cc1. The Morgan fingerprint density at radius 2 is 1.89 bits per heavy atom. The third-order valence-corrected chi connectivity index (χ3v) is 7.95. The van der Waals surface area contributed by atoms with E-state index >= 15 is 0 Å². The predicted octanol–water partition coefficient (Wildman–Crippen LogP) is 3.34. The summed E-state index contributed by atoms with van der Waals surface area (Å²) in [5.41, 5.74) is 0.346. The van der Waals surface area contributed by atoms with E-state index in [4.69, 9.17) is 9.47 Å². The maximum absolute atomic E-state index is 14.6. The first-order valence-corrected chi connectivity index (χ1v) is 10.8. The lowest BCUT2D eigenvalue weighted by Gasteiger charge is -2.35. The maximum atomic E-state index is 14.6. The summed E-state index contributed by atoms with van der Waals surface area (Å²) in [7, 11) is -0.589. The highest BCUT2D eigenvalue weighted by Gasteiger charge is 2.53. The van der Waals surface area contributed by atoms with Crippen LogP contribution in [0.25, 0.3) is 0 Å². The summed E-state index contributed by atoms with van der Waals surface area (Å²) in [4.78, 5) is 0. The highest BCUT2D eigenvalue weighted by atomic mass is 32.2. The highest BCUT2D eigenvalue weighted by molar-refractivity contribution is 7.89. The topological polar surface area (TPSA) is 55.8 Å². The van der Waals surface area contributed by atoms with Crippen LogP contribution >= 0.6 is 0 Å². The van der Waals surface area contributed by atoms with Gasteiger partial charge in [-0.15, -0.1) is 0 Å². The van der Waals surface area contributed by atoms with Gasteiger partial charge in [0.15, 0.2) is 0 Å². The summed E-state index contributed by atoms with van der Waals surface area (Å²) in [5.74, 6) is 0.316. The molecular formula is C21H26FNO4S. The van der Waals surface area contributed by atoms with Gasteiger partial charge in [0, 0.05) is 19.0 Å². The Labute approximate surface area is 166 Å². The molecule has 28 heavy (non-hydrogen) atoms. The number of rotatable bonds is 7. The Morgan fingerprint density at radius 3 is 2.50 bits per heavy atom. The van der Waals surface area contributed by atoms with Crippen molar-refractivity contribution in [2.75, 3.05) is 27.4 Å². The van der Waals surface area contributed by atoms with Crippen LogP contribution in [0, 0.1) is 5.82 Å². The Morgan fingerprint density at radius 1 is 1.21 bits per heavy atom. The molecule has 5 nitrogen and oxygen atoms in total. The normalized spacial score (nSPS) is 22.5. The fourth-order valence-electron chi connectivity index (χ4n) is 3.90. The van der Waals surface area contributed by atoms with Crippen LogP contribution in [-0.4, -0.2) is 45.3 Å². The molecule has 0 radical (unpaired) electrons. The minimum Gasteiger partial charge on any atom is -0.497 e. The van der Waals surface area contributed by atoms with Crippen molar-refractivity contribution in [1.82, 2.24) is 4.31 Å². The van der Waals surface area contributed by atoms with Crippen molar-refractivity contribution in [2.45, 2.75) is 30.6 Å². The summed E-state index contributed by atoms with van der Waals surface area (Å²) in [6.45, 7) is 2.34. The molecule has 1 aliphatic heterocycles. The molecule has 3 rings (SSSR count). The van der Waals surface area contributed by atoms with Gasteiger partial charge in [-0.05, 0) is 35.7 Å². The molecule has 0 spiro atoms. The van der Waals surface area contributed by atoms with Crippen LogP contribution in [-0.2, 0) is 26.7 Å². The molecule has 1 heterocycles. The lowest BCUT2D eigenvalue weighted by Crippen LogP contribution is -2.48. The molecule has 0 amide bonds. The van der Waals surface area contributed by atoms with Crippen LogP contribution in [0.3, 0.4) is 0 Å². The first-order valence-electron chi connectivity index (χ1n) is 9.26. The van der Waals surface area contributed by atoms with Gasteiger partial charge in [0.25, 0.3) is 0 Å². The molecule has 0 N–H and O–H groups in total. The van der Waals surface area contributed by atoms with Gasteiger partial charge < -0.3 is 9.47 Å². The van der Waals surface area contributed by atoms with E-state index in [1.54, 1.807) is 44.5 Å². The second kappa shape index (κ2) is 8.19. The van der Waals surface area contributed by atoms with Crippen molar-refractivity contribution < 1.29 is 22.3 Å². The van der Waals surface area contributed by atoms with Gasteiger partial charge in [0.05, 0.1) is 20.3 Å². The van der Waals surface area contributed by atoms with Crippen molar-refractivity contribution in [3.8, 4) is 5.75 Å². The standard InChI is InChI=1S/C21H26FNO4S/c1-4-21(18-7-5-6-8-19(18)22)15-27-14-20(21)28(24,25)23(2)13-16-9-11-17(26-3)12-10-16/h5-12,20H,4,13-15H2,1-3H3. The lowest BCUT2D eigenvalue weighted by atomic mass is 9.77. The summed E-state index contributed by atoms with van der Waals surface area (Å²) in [6.07, 6.45) is 0.466. The zero-order chi connectivity index (χ0) is 20.4. The Bertz CT molecular complexity index is 916. The molecular weight excluding hydrogens is 381 g/mol. The van der Waals surface area contributed by atoms with Gasteiger partial charge in [-0.25, -0.2) is 17.1 Å². The highest BCUT2D eigenvalue weighted by Crippen LogP contribution is 2.42. The van der Waals surface area contributed by atoms with Gasteiger partial charge in [-0.1, -0.05) is 37.3 Å². The van der Waals surface area contributed by atoms with E-state index in [9.17, 15) is 12.8 Å². The van der Waals surface area contributed by atoms with Crippen LogP contribution in [0.15, 0.2) is 48.5 Å². The lowest BCUT2D eigenvalue weighted by molar-refractivity contribution is 0.174. The molecule has 0 bridgehead atoms. The zero-order valence-electron chi connectivity index (χ0n) is 16.4. The summed E-state index contributed by atoms with van der Waals surface area (Å²) in [6, 6.07) is 13.6. The minimum absolute atomic E-state index is 0.0530. The Hall–Kier alpha value is -1.96. The molecule has 2 aromatic carbocycles. The molecule has 1 aliphatic rings. The number of methoxy groups -OCH3 is 1. The molecule has 0 aromatic heterocycles. The number of benzene rings is 2. The second-order valence-electron chi connectivity index (χ2n) is 7.14. The molecule has 2 unspecified atom stereocenters. The average Bonchev–Trinajstić information content (AvgIpc) is 3.15. The molecule has 2 atom stereocenters. The van der Waals surface area contributed by atoms with Crippen LogP contribution in [0.1, 0.15) is 24.5 Å². The van der Waals surface area contributed by atoms with Crippen molar-refractivity contribution in [3.05, 3.63) is 65.5 Å². The first kappa shape index (κ1) is 20.8. The van der Waals surface area contributed by atoms with Crippen LogP contribution in [0.2, 0.25) is 0 Å². The zero-order valence-corrected chi connectivity index (χ0v) is 17.2.